The summed E-state index contributed by atoms with van der Waals surface area (Å²) >= 11 is 0. The summed E-state index contributed by atoms with van der Waals surface area (Å²) in [5.74, 6) is 0. The highest BCUT2D eigenvalue weighted by molar-refractivity contribution is 5.03. The first-order valence-electron chi connectivity index (χ1n) is 6.03. The Labute approximate surface area is 99.3 Å². The average Bonchev–Trinajstić information content (AvgIpc) is 2.62. The summed E-state index contributed by atoms with van der Waals surface area (Å²) in [5.41, 5.74) is 1.54. The minimum Gasteiger partial charge on any atom is -0.328 e. The van der Waals surface area contributed by atoms with E-state index in [1.165, 1.54) is 5.69 Å². The van der Waals surface area contributed by atoms with Crippen molar-refractivity contribution in [1.82, 2.24) is 14.9 Å². The maximum Gasteiger partial charge on any atom is 0.0953 e. The van der Waals surface area contributed by atoms with Crippen LogP contribution in [0.1, 0.15) is 53.7 Å². The highest BCUT2D eigenvalue weighted by Gasteiger charge is 2.20. The van der Waals surface area contributed by atoms with Crippen LogP contribution in [0.2, 0.25) is 0 Å². The van der Waals surface area contributed by atoms with E-state index >= 15 is 0 Å². The van der Waals surface area contributed by atoms with Gasteiger partial charge >= 0.3 is 0 Å². The highest BCUT2D eigenvalue weighted by atomic mass is 15.1. The lowest BCUT2D eigenvalue weighted by Gasteiger charge is -2.28. The zero-order chi connectivity index (χ0) is 12.4. The van der Waals surface area contributed by atoms with Crippen molar-refractivity contribution in [3.63, 3.8) is 0 Å². The Hall–Kier alpha value is -0.830. The molecule has 0 bridgehead atoms. The van der Waals surface area contributed by atoms with Crippen LogP contribution in [0.15, 0.2) is 12.5 Å². The van der Waals surface area contributed by atoms with Crippen molar-refractivity contribution in [3.8, 4) is 0 Å². The van der Waals surface area contributed by atoms with E-state index in [0.717, 1.165) is 13.0 Å². The lowest BCUT2D eigenvalue weighted by molar-refractivity contribution is 0.322. The van der Waals surface area contributed by atoms with Crippen molar-refractivity contribution >= 4 is 0 Å². The van der Waals surface area contributed by atoms with Gasteiger partial charge in [-0.15, -0.1) is 0 Å². The zero-order valence-corrected chi connectivity index (χ0v) is 11.5. The van der Waals surface area contributed by atoms with Crippen molar-refractivity contribution in [2.24, 2.45) is 0 Å². The lowest BCUT2D eigenvalue weighted by Crippen LogP contribution is -2.37. The number of nitrogens with zero attached hydrogens (tertiary/aromatic N) is 2. The molecule has 0 saturated heterocycles. The summed E-state index contributed by atoms with van der Waals surface area (Å²) in [6.45, 7) is 14.1. The molecule has 16 heavy (non-hydrogen) atoms. The van der Waals surface area contributed by atoms with E-state index in [-0.39, 0.29) is 11.1 Å². The Morgan fingerprint density at radius 1 is 1.25 bits per heavy atom. The third kappa shape index (κ3) is 3.34. The van der Waals surface area contributed by atoms with E-state index in [0.29, 0.717) is 0 Å². The Morgan fingerprint density at radius 3 is 2.38 bits per heavy atom. The summed E-state index contributed by atoms with van der Waals surface area (Å²) in [5, 5.41) is 3.50. The molecule has 0 atom stereocenters. The van der Waals surface area contributed by atoms with Crippen LogP contribution < -0.4 is 5.32 Å². The fourth-order valence-electron chi connectivity index (χ4n) is 1.52. The van der Waals surface area contributed by atoms with Crippen LogP contribution in [0.4, 0.5) is 0 Å². The molecule has 1 aromatic heterocycles. The molecule has 0 amide bonds. The van der Waals surface area contributed by atoms with Crippen LogP contribution in [0.5, 0.6) is 0 Å². The molecule has 1 rings (SSSR count). The zero-order valence-electron chi connectivity index (χ0n) is 11.5. The summed E-state index contributed by atoms with van der Waals surface area (Å²) in [4.78, 5) is 4.26. The molecule has 0 radical (unpaired) electrons. The fourth-order valence-corrected chi connectivity index (χ4v) is 1.52. The predicted molar refractivity (Wildman–Crippen MR) is 68.4 cm³/mol. The van der Waals surface area contributed by atoms with Gasteiger partial charge < -0.3 is 9.88 Å². The molecule has 0 aliphatic heterocycles. The van der Waals surface area contributed by atoms with E-state index in [2.05, 4.69) is 56.4 Å². The van der Waals surface area contributed by atoms with E-state index in [1.807, 2.05) is 12.5 Å². The first kappa shape index (κ1) is 13.2. The average molecular weight is 223 g/mol. The molecule has 0 aromatic carbocycles. The largest absolute Gasteiger partial charge is 0.328 e. The number of hydrogen-bond donors (Lipinski definition) is 1. The normalized spacial score (nSPS) is 13.1. The Balaban J connectivity index is 2.79. The van der Waals surface area contributed by atoms with Gasteiger partial charge in [0.05, 0.1) is 12.0 Å². The first-order chi connectivity index (χ1) is 7.26. The van der Waals surface area contributed by atoms with Crippen LogP contribution >= 0.6 is 0 Å². The molecule has 0 fully saturated rings. The topological polar surface area (TPSA) is 29.9 Å². The van der Waals surface area contributed by atoms with Crippen LogP contribution in [-0.4, -0.2) is 15.1 Å². The van der Waals surface area contributed by atoms with Gasteiger partial charge in [-0.3, -0.25) is 0 Å². The predicted octanol–water partition coefficient (Wildman–Crippen LogP) is 2.92. The fraction of sp³-hybridized carbons (Fsp3) is 0.769. The number of aromatic nitrogens is 2. The van der Waals surface area contributed by atoms with Gasteiger partial charge in [-0.1, -0.05) is 6.92 Å². The van der Waals surface area contributed by atoms with Gasteiger partial charge in [-0.25, -0.2) is 4.98 Å². The summed E-state index contributed by atoms with van der Waals surface area (Å²) < 4.78 is 2.27. The van der Waals surface area contributed by atoms with Gasteiger partial charge in [0.1, 0.15) is 0 Å². The number of nitrogens with one attached hydrogen (secondary N) is 1. The molecular weight excluding hydrogens is 198 g/mol. The van der Waals surface area contributed by atoms with E-state index in [9.17, 15) is 0 Å². The molecule has 0 unspecified atom stereocenters. The van der Waals surface area contributed by atoms with Crippen LogP contribution in [0, 0.1) is 0 Å². The molecule has 3 nitrogen and oxygen atoms in total. The molecule has 0 saturated carbocycles. The first-order valence-corrected chi connectivity index (χ1v) is 6.03. The van der Waals surface area contributed by atoms with Crippen LogP contribution in [-0.2, 0) is 12.1 Å². The van der Waals surface area contributed by atoms with Crippen LogP contribution in [0.25, 0.3) is 0 Å². The summed E-state index contributed by atoms with van der Waals surface area (Å²) in [6.07, 6.45) is 4.99. The van der Waals surface area contributed by atoms with Crippen molar-refractivity contribution < 1.29 is 0 Å². The molecule has 3 heteroatoms. The third-order valence-corrected chi connectivity index (χ3v) is 3.03. The SMILES string of the molecule is CCC(C)(C)n1cncc1CNC(C)(C)C. The second kappa shape index (κ2) is 4.58. The van der Waals surface area contributed by atoms with Crippen molar-refractivity contribution in [1.29, 1.82) is 0 Å². The Bertz CT molecular complexity index is 331. The maximum absolute atomic E-state index is 4.26. The second-order valence-electron chi connectivity index (χ2n) is 6.02. The Morgan fingerprint density at radius 2 is 1.88 bits per heavy atom. The minimum absolute atomic E-state index is 0.144. The molecule has 1 heterocycles. The van der Waals surface area contributed by atoms with Gasteiger partial charge in [0.15, 0.2) is 0 Å². The van der Waals surface area contributed by atoms with Gasteiger partial charge in [0, 0.05) is 23.8 Å². The van der Waals surface area contributed by atoms with E-state index < -0.39 is 0 Å². The third-order valence-electron chi connectivity index (χ3n) is 3.03. The number of hydrogen-bond acceptors (Lipinski definition) is 2. The second-order valence-corrected chi connectivity index (χ2v) is 6.02. The van der Waals surface area contributed by atoms with Gasteiger partial charge in [0.25, 0.3) is 0 Å². The van der Waals surface area contributed by atoms with E-state index in [1.54, 1.807) is 0 Å². The smallest absolute Gasteiger partial charge is 0.0953 e. The van der Waals surface area contributed by atoms with Crippen molar-refractivity contribution in [2.75, 3.05) is 0 Å². The van der Waals surface area contributed by atoms with Crippen molar-refractivity contribution in [2.45, 2.75) is 65.6 Å². The van der Waals surface area contributed by atoms with Gasteiger partial charge in [-0.2, -0.15) is 0 Å². The van der Waals surface area contributed by atoms with Crippen LogP contribution in [0.3, 0.4) is 0 Å². The number of rotatable bonds is 4. The monoisotopic (exact) mass is 223 g/mol. The van der Waals surface area contributed by atoms with Crippen molar-refractivity contribution in [3.05, 3.63) is 18.2 Å². The molecule has 0 spiro atoms. The number of imidazole rings is 1. The Kier molecular flexibility index (Phi) is 3.79. The molecule has 1 aromatic rings. The molecular formula is C13H25N3. The maximum atomic E-state index is 4.26. The minimum atomic E-state index is 0.144. The standard InChI is InChI=1S/C13H25N3/c1-7-13(5,6)16-10-14-8-11(16)9-15-12(2,3)4/h8,10,15H,7,9H2,1-6H3. The lowest BCUT2D eigenvalue weighted by atomic mass is 10.0. The highest BCUT2D eigenvalue weighted by Crippen LogP contribution is 2.21. The summed E-state index contributed by atoms with van der Waals surface area (Å²) in [6, 6.07) is 0. The summed E-state index contributed by atoms with van der Waals surface area (Å²) in [7, 11) is 0. The molecule has 0 aliphatic rings. The molecule has 0 aliphatic carbocycles. The van der Waals surface area contributed by atoms with Gasteiger partial charge in [-0.05, 0) is 41.0 Å². The van der Waals surface area contributed by atoms with E-state index in [4.69, 9.17) is 0 Å². The molecule has 1 N–H and O–H groups in total. The van der Waals surface area contributed by atoms with Gasteiger partial charge in [0.2, 0.25) is 0 Å². The molecule has 92 valence electrons. The quantitative estimate of drug-likeness (QED) is 0.850.